The van der Waals surface area contributed by atoms with Gasteiger partial charge < -0.3 is 24.6 Å². The smallest absolute Gasteiger partial charge is 0.287 e. The lowest BCUT2D eigenvalue weighted by Crippen LogP contribution is -2.49. The molecule has 0 fully saturated rings. The molecule has 1 atom stereocenters. The highest BCUT2D eigenvalue weighted by Crippen LogP contribution is 2.24. The van der Waals surface area contributed by atoms with Crippen molar-refractivity contribution in [2.45, 2.75) is 38.6 Å². The van der Waals surface area contributed by atoms with Crippen LogP contribution in [0.5, 0.6) is 0 Å². The molecule has 0 bridgehead atoms. The van der Waals surface area contributed by atoms with E-state index in [0.717, 1.165) is 16.5 Å². The Morgan fingerprint density at radius 1 is 1.19 bits per heavy atom. The predicted octanol–water partition coefficient (Wildman–Crippen LogP) is 2.15. The average molecular weight is 353 g/mol. The lowest BCUT2D eigenvalue weighted by molar-refractivity contribution is -0.308. The highest BCUT2D eigenvalue weighted by Gasteiger charge is 2.23. The first-order valence-corrected chi connectivity index (χ1v) is 8.43. The predicted molar refractivity (Wildman–Crippen MR) is 95.7 cm³/mol. The van der Waals surface area contributed by atoms with Crippen LogP contribution in [0.3, 0.4) is 0 Å². The highest BCUT2D eigenvalue weighted by atomic mass is 16.4. The van der Waals surface area contributed by atoms with Gasteiger partial charge in [-0.3, -0.25) is 4.79 Å². The van der Waals surface area contributed by atoms with Crippen molar-refractivity contribution in [1.82, 2.24) is 10.3 Å². The highest BCUT2D eigenvalue weighted by molar-refractivity contribution is 5.94. The Labute approximate surface area is 151 Å². The number of carboxylic acid groups (broad SMARTS) is 1. The molecular formula is C20H21N2O4-. The van der Waals surface area contributed by atoms with E-state index < -0.39 is 17.9 Å². The molecule has 0 saturated heterocycles. The van der Waals surface area contributed by atoms with Gasteiger partial charge in [0.25, 0.3) is 5.91 Å². The van der Waals surface area contributed by atoms with Crippen LogP contribution < -0.4 is 10.4 Å². The second kappa shape index (κ2) is 6.71. The van der Waals surface area contributed by atoms with E-state index in [1.807, 2.05) is 45.0 Å². The number of aromatic nitrogens is 1. The summed E-state index contributed by atoms with van der Waals surface area (Å²) in [5.41, 5.74) is 1.47. The molecule has 0 radical (unpaired) electrons. The number of benzene rings is 1. The Balaban J connectivity index is 1.77. The summed E-state index contributed by atoms with van der Waals surface area (Å²) in [5, 5.41) is 14.9. The maximum absolute atomic E-state index is 12.4. The van der Waals surface area contributed by atoms with Crippen molar-refractivity contribution >= 4 is 22.8 Å². The molecule has 0 unspecified atom stereocenters. The number of aliphatic carboxylic acids is 1. The van der Waals surface area contributed by atoms with Crippen LogP contribution in [0.15, 0.2) is 47.0 Å². The van der Waals surface area contributed by atoms with E-state index in [4.69, 9.17) is 4.42 Å². The van der Waals surface area contributed by atoms with Crippen molar-refractivity contribution in [3.63, 3.8) is 0 Å². The van der Waals surface area contributed by atoms with Crippen LogP contribution in [0.1, 0.15) is 42.6 Å². The van der Waals surface area contributed by atoms with E-state index in [0.29, 0.717) is 5.76 Å². The van der Waals surface area contributed by atoms with Crippen molar-refractivity contribution in [3.8, 4) is 0 Å². The second-order valence-electron chi connectivity index (χ2n) is 7.32. The minimum absolute atomic E-state index is 0.0834. The van der Waals surface area contributed by atoms with Gasteiger partial charge in [-0.25, -0.2) is 0 Å². The van der Waals surface area contributed by atoms with Gasteiger partial charge in [0.15, 0.2) is 5.76 Å². The lowest BCUT2D eigenvalue weighted by Gasteiger charge is -2.19. The minimum atomic E-state index is -1.34. The van der Waals surface area contributed by atoms with Crippen LogP contribution in [-0.2, 0) is 16.6 Å². The third kappa shape index (κ3) is 3.64. The largest absolute Gasteiger partial charge is 0.548 e. The fraction of sp³-hybridized carbons (Fsp3) is 0.300. The second-order valence-corrected chi connectivity index (χ2v) is 7.32. The molecule has 2 N–H and O–H groups in total. The first-order chi connectivity index (χ1) is 12.3. The average Bonchev–Trinajstić information content (AvgIpc) is 3.21. The number of hydrogen-bond donors (Lipinski definition) is 2. The van der Waals surface area contributed by atoms with E-state index in [-0.39, 0.29) is 17.6 Å². The Kier molecular flexibility index (Phi) is 4.59. The molecule has 2 heterocycles. The Hall–Kier alpha value is -3.02. The summed E-state index contributed by atoms with van der Waals surface area (Å²) < 4.78 is 5.56. The quantitative estimate of drug-likeness (QED) is 0.734. The first-order valence-electron chi connectivity index (χ1n) is 8.43. The summed E-state index contributed by atoms with van der Waals surface area (Å²) >= 11 is 0. The number of furan rings is 1. The molecule has 0 saturated carbocycles. The van der Waals surface area contributed by atoms with Crippen LogP contribution in [-0.4, -0.2) is 22.9 Å². The maximum Gasteiger partial charge on any atom is 0.287 e. The standard InChI is InChI=1S/C20H22N2O4/c1-20(2,3)17-9-8-16(26-17)18(23)22-15(19(24)25)10-12-11-21-14-7-5-4-6-13(12)14/h4-9,11,15,21H,10H2,1-3H3,(H,22,23)(H,24,25)/p-1/t15-/m0/s1. The molecule has 136 valence electrons. The molecule has 0 aliphatic carbocycles. The Morgan fingerprint density at radius 3 is 2.58 bits per heavy atom. The van der Waals surface area contributed by atoms with Crippen LogP contribution in [0.25, 0.3) is 10.9 Å². The third-order valence-corrected chi connectivity index (χ3v) is 4.26. The van der Waals surface area contributed by atoms with Gasteiger partial charge in [-0.05, 0) is 23.8 Å². The van der Waals surface area contributed by atoms with Gasteiger partial charge in [0.05, 0.1) is 12.0 Å². The number of rotatable bonds is 5. The monoisotopic (exact) mass is 353 g/mol. The molecule has 1 amide bonds. The summed E-state index contributed by atoms with van der Waals surface area (Å²) in [6, 6.07) is 9.69. The zero-order chi connectivity index (χ0) is 18.9. The fourth-order valence-electron chi connectivity index (χ4n) is 2.81. The SMILES string of the molecule is CC(C)(C)c1ccc(C(=O)N[C@@H](Cc2c[nH]c3ccccc23)C(=O)[O-])o1. The number of fused-ring (bicyclic) bond motifs is 1. The summed E-state index contributed by atoms with van der Waals surface area (Å²) in [5.74, 6) is -1.18. The molecule has 0 aliphatic heterocycles. The van der Waals surface area contributed by atoms with E-state index in [2.05, 4.69) is 10.3 Å². The van der Waals surface area contributed by atoms with Gasteiger partial charge in [-0.1, -0.05) is 39.0 Å². The summed E-state index contributed by atoms with van der Waals surface area (Å²) in [6.07, 6.45) is 1.86. The number of carbonyl (C=O) groups excluding carboxylic acids is 2. The van der Waals surface area contributed by atoms with Crippen LogP contribution in [0, 0.1) is 0 Å². The zero-order valence-corrected chi connectivity index (χ0v) is 15.0. The van der Waals surface area contributed by atoms with E-state index >= 15 is 0 Å². The number of aromatic amines is 1. The topological polar surface area (TPSA) is 98.2 Å². The first kappa shape index (κ1) is 17.8. The molecule has 6 nitrogen and oxygen atoms in total. The molecule has 3 rings (SSSR count). The maximum atomic E-state index is 12.4. The third-order valence-electron chi connectivity index (χ3n) is 4.26. The lowest BCUT2D eigenvalue weighted by atomic mass is 9.94. The fourth-order valence-corrected chi connectivity index (χ4v) is 2.81. The van der Waals surface area contributed by atoms with E-state index in [1.54, 1.807) is 18.3 Å². The number of carbonyl (C=O) groups is 2. The molecule has 3 aromatic rings. The van der Waals surface area contributed by atoms with Crippen molar-refractivity contribution in [1.29, 1.82) is 0 Å². The van der Waals surface area contributed by atoms with Gasteiger partial charge in [-0.2, -0.15) is 0 Å². The summed E-state index contributed by atoms with van der Waals surface area (Å²) in [7, 11) is 0. The Bertz CT molecular complexity index is 946. The molecule has 0 spiro atoms. The van der Waals surface area contributed by atoms with E-state index in [9.17, 15) is 14.7 Å². The summed E-state index contributed by atoms with van der Waals surface area (Å²) in [6.45, 7) is 5.90. The van der Waals surface area contributed by atoms with Crippen molar-refractivity contribution in [3.05, 3.63) is 59.7 Å². The normalized spacial score (nSPS) is 12.9. The number of para-hydroxylation sites is 1. The van der Waals surface area contributed by atoms with E-state index in [1.165, 1.54) is 0 Å². The van der Waals surface area contributed by atoms with Gasteiger partial charge >= 0.3 is 0 Å². The number of nitrogens with one attached hydrogen (secondary N) is 2. The molecule has 0 aliphatic rings. The van der Waals surface area contributed by atoms with Crippen molar-refractivity contribution < 1.29 is 19.1 Å². The molecule has 2 aromatic heterocycles. The molecular weight excluding hydrogens is 332 g/mol. The number of hydrogen-bond acceptors (Lipinski definition) is 4. The van der Waals surface area contributed by atoms with Gasteiger partial charge in [0.1, 0.15) is 5.76 Å². The Morgan fingerprint density at radius 2 is 1.92 bits per heavy atom. The zero-order valence-electron chi connectivity index (χ0n) is 15.0. The van der Waals surface area contributed by atoms with Crippen molar-refractivity contribution in [2.24, 2.45) is 0 Å². The number of carboxylic acids is 1. The van der Waals surface area contributed by atoms with Gasteiger partial charge in [0, 0.05) is 28.9 Å². The van der Waals surface area contributed by atoms with Gasteiger partial charge in [0.2, 0.25) is 0 Å². The molecule has 1 aromatic carbocycles. The summed E-state index contributed by atoms with van der Waals surface area (Å²) in [4.78, 5) is 27.0. The van der Waals surface area contributed by atoms with Gasteiger partial charge in [-0.15, -0.1) is 0 Å². The van der Waals surface area contributed by atoms with Crippen molar-refractivity contribution in [2.75, 3.05) is 0 Å². The minimum Gasteiger partial charge on any atom is -0.548 e. The molecule has 26 heavy (non-hydrogen) atoms. The number of amides is 1. The van der Waals surface area contributed by atoms with Crippen LogP contribution >= 0.6 is 0 Å². The van der Waals surface area contributed by atoms with Crippen LogP contribution in [0.4, 0.5) is 0 Å². The van der Waals surface area contributed by atoms with Crippen LogP contribution in [0.2, 0.25) is 0 Å². The number of H-pyrrole nitrogens is 1. The molecule has 6 heteroatoms.